The van der Waals surface area contributed by atoms with Crippen LogP contribution in [0.5, 0.6) is 0 Å². The average Bonchev–Trinajstić information content (AvgIpc) is 2.82. The second-order valence-electron chi connectivity index (χ2n) is 4.66. The Labute approximate surface area is 116 Å². The van der Waals surface area contributed by atoms with Gasteiger partial charge in [0.15, 0.2) is 6.29 Å². The first-order valence-corrected chi connectivity index (χ1v) is 6.57. The summed E-state index contributed by atoms with van der Waals surface area (Å²) in [6.45, 7) is 2.62. The largest absolute Gasteiger partial charge is 0.478 e. The Morgan fingerprint density at radius 2 is 2.15 bits per heavy atom. The van der Waals surface area contributed by atoms with Gasteiger partial charge in [0, 0.05) is 30.3 Å². The number of benzene rings is 1. The van der Waals surface area contributed by atoms with Gasteiger partial charge in [0.2, 0.25) is 0 Å². The van der Waals surface area contributed by atoms with E-state index in [1.54, 1.807) is 12.3 Å². The molecule has 0 fully saturated rings. The Balaban J connectivity index is 2.71. The van der Waals surface area contributed by atoms with Crippen LogP contribution in [0.15, 0.2) is 18.3 Å². The Morgan fingerprint density at radius 3 is 2.70 bits per heavy atom. The number of carbonyl (C=O) groups excluding carboxylic acids is 1. The zero-order valence-electron chi connectivity index (χ0n) is 11.3. The van der Waals surface area contributed by atoms with Gasteiger partial charge in [-0.25, -0.2) is 4.79 Å². The van der Waals surface area contributed by atoms with Gasteiger partial charge in [0.05, 0.1) is 11.1 Å². The quantitative estimate of drug-likeness (QED) is 0.791. The van der Waals surface area contributed by atoms with E-state index in [1.807, 2.05) is 11.5 Å². The molecule has 0 spiro atoms. The molecule has 0 aliphatic carbocycles. The second kappa shape index (κ2) is 5.88. The maximum absolute atomic E-state index is 11.2. The highest BCUT2D eigenvalue weighted by Crippen LogP contribution is 2.27. The van der Waals surface area contributed by atoms with E-state index in [4.69, 9.17) is 10.2 Å². The molecule has 1 aromatic carbocycles. The third-order valence-corrected chi connectivity index (χ3v) is 3.39. The minimum atomic E-state index is -0.999. The van der Waals surface area contributed by atoms with Crippen molar-refractivity contribution in [3.8, 4) is 0 Å². The van der Waals surface area contributed by atoms with Gasteiger partial charge in [0.1, 0.15) is 0 Å². The van der Waals surface area contributed by atoms with E-state index in [9.17, 15) is 9.59 Å². The Morgan fingerprint density at radius 1 is 1.40 bits per heavy atom. The molecule has 106 valence electrons. The molecule has 2 aromatic rings. The summed E-state index contributed by atoms with van der Waals surface area (Å²) >= 11 is 0. The number of carboxylic acids is 1. The van der Waals surface area contributed by atoms with E-state index in [1.165, 1.54) is 6.07 Å². The van der Waals surface area contributed by atoms with Gasteiger partial charge in [-0.15, -0.1) is 0 Å². The molecule has 2 N–H and O–H groups in total. The van der Waals surface area contributed by atoms with Crippen molar-refractivity contribution in [2.24, 2.45) is 0 Å². The summed E-state index contributed by atoms with van der Waals surface area (Å²) in [5, 5.41) is 18.8. The number of carboxylic acid groups (broad SMARTS) is 1. The number of aryl methyl sites for hydroxylation is 2. The van der Waals surface area contributed by atoms with Crippen molar-refractivity contribution in [2.75, 3.05) is 6.61 Å². The minimum Gasteiger partial charge on any atom is -0.478 e. The summed E-state index contributed by atoms with van der Waals surface area (Å²) in [7, 11) is 0. The smallest absolute Gasteiger partial charge is 0.335 e. The van der Waals surface area contributed by atoms with Crippen LogP contribution in [-0.4, -0.2) is 33.6 Å². The first-order valence-electron chi connectivity index (χ1n) is 6.57. The highest BCUT2D eigenvalue weighted by Gasteiger charge is 2.15. The predicted octanol–water partition coefficient (Wildman–Crippen LogP) is 2.10. The predicted molar refractivity (Wildman–Crippen MR) is 75.4 cm³/mol. The summed E-state index contributed by atoms with van der Waals surface area (Å²) in [4.78, 5) is 22.3. The van der Waals surface area contributed by atoms with Crippen LogP contribution >= 0.6 is 0 Å². The van der Waals surface area contributed by atoms with Gasteiger partial charge in [-0.05, 0) is 30.5 Å². The van der Waals surface area contributed by atoms with Crippen molar-refractivity contribution >= 4 is 23.2 Å². The van der Waals surface area contributed by atoms with Crippen LogP contribution in [0.4, 0.5) is 0 Å². The zero-order chi connectivity index (χ0) is 14.7. The maximum Gasteiger partial charge on any atom is 0.335 e. The lowest BCUT2D eigenvalue weighted by Crippen LogP contribution is -2.02. The van der Waals surface area contributed by atoms with Gasteiger partial charge in [-0.3, -0.25) is 4.79 Å². The lowest BCUT2D eigenvalue weighted by Gasteiger charge is -2.09. The number of aromatic carboxylic acids is 1. The summed E-state index contributed by atoms with van der Waals surface area (Å²) in [6, 6.07) is 3.19. The van der Waals surface area contributed by atoms with Crippen molar-refractivity contribution in [3.05, 3.63) is 35.0 Å². The number of aldehydes is 1. The van der Waals surface area contributed by atoms with Crippen molar-refractivity contribution in [1.82, 2.24) is 4.57 Å². The van der Waals surface area contributed by atoms with Crippen LogP contribution in [0.2, 0.25) is 0 Å². The number of nitrogens with zero attached hydrogens (tertiary/aromatic N) is 1. The molecule has 2 rings (SSSR count). The van der Waals surface area contributed by atoms with Crippen molar-refractivity contribution < 1.29 is 19.8 Å². The molecule has 0 radical (unpaired) electrons. The van der Waals surface area contributed by atoms with Crippen LogP contribution in [0.25, 0.3) is 10.9 Å². The van der Waals surface area contributed by atoms with Crippen LogP contribution in [-0.2, 0) is 13.0 Å². The molecule has 0 saturated carbocycles. The lowest BCUT2D eigenvalue weighted by molar-refractivity contribution is 0.0696. The molecular weight excluding hydrogens is 258 g/mol. The number of fused-ring (bicyclic) bond motifs is 1. The van der Waals surface area contributed by atoms with Crippen molar-refractivity contribution in [3.63, 3.8) is 0 Å². The van der Waals surface area contributed by atoms with E-state index in [0.29, 0.717) is 30.3 Å². The molecule has 5 heteroatoms. The zero-order valence-corrected chi connectivity index (χ0v) is 11.3. The maximum atomic E-state index is 11.2. The van der Waals surface area contributed by atoms with Crippen LogP contribution in [0, 0.1) is 0 Å². The Kier molecular flexibility index (Phi) is 4.20. The number of aliphatic hydroxyl groups excluding tert-OH is 1. The third kappa shape index (κ3) is 2.44. The van der Waals surface area contributed by atoms with Crippen molar-refractivity contribution in [1.29, 1.82) is 0 Å². The molecular formula is C15H17NO4. The topological polar surface area (TPSA) is 79.5 Å². The summed E-state index contributed by atoms with van der Waals surface area (Å²) in [5.41, 5.74) is 2.45. The van der Waals surface area contributed by atoms with Crippen LogP contribution in [0.1, 0.15) is 39.6 Å². The molecule has 0 unspecified atom stereocenters. The van der Waals surface area contributed by atoms with Gasteiger partial charge < -0.3 is 14.8 Å². The number of rotatable bonds is 6. The van der Waals surface area contributed by atoms with Gasteiger partial charge in [-0.1, -0.05) is 6.92 Å². The van der Waals surface area contributed by atoms with Gasteiger partial charge >= 0.3 is 5.97 Å². The van der Waals surface area contributed by atoms with E-state index >= 15 is 0 Å². The molecule has 1 aromatic heterocycles. The SMILES string of the molecule is CCc1cc(C(=O)O)cc2c(C=O)cn(CCCO)c12. The molecule has 1 heterocycles. The van der Waals surface area contributed by atoms with E-state index in [2.05, 4.69) is 0 Å². The van der Waals surface area contributed by atoms with E-state index < -0.39 is 5.97 Å². The fraction of sp³-hybridized carbons (Fsp3) is 0.333. The molecule has 0 aliphatic heterocycles. The number of aromatic nitrogens is 1. The van der Waals surface area contributed by atoms with Gasteiger partial charge in [-0.2, -0.15) is 0 Å². The highest BCUT2D eigenvalue weighted by molar-refractivity contribution is 6.02. The Hall–Kier alpha value is -2.14. The van der Waals surface area contributed by atoms with Crippen LogP contribution < -0.4 is 0 Å². The third-order valence-electron chi connectivity index (χ3n) is 3.39. The molecule has 0 aliphatic rings. The first-order chi connectivity index (χ1) is 9.62. The number of carbonyl (C=O) groups is 2. The average molecular weight is 275 g/mol. The van der Waals surface area contributed by atoms with E-state index in [-0.39, 0.29) is 12.2 Å². The van der Waals surface area contributed by atoms with Crippen molar-refractivity contribution in [2.45, 2.75) is 26.3 Å². The van der Waals surface area contributed by atoms with Gasteiger partial charge in [0.25, 0.3) is 0 Å². The molecule has 0 saturated heterocycles. The number of aliphatic hydroxyl groups is 1. The summed E-state index contributed by atoms with van der Waals surface area (Å²) < 4.78 is 1.92. The fourth-order valence-electron chi connectivity index (χ4n) is 2.46. The monoisotopic (exact) mass is 275 g/mol. The normalized spacial score (nSPS) is 10.9. The molecule has 0 atom stereocenters. The molecule has 5 nitrogen and oxygen atoms in total. The summed E-state index contributed by atoms with van der Waals surface area (Å²) in [5.74, 6) is -0.999. The number of hydrogen-bond donors (Lipinski definition) is 2. The Bertz CT molecular complexity index is 657. The fourth-order valence-corrected chi connectivity index (χ4v) is 2.46. The minimum absolute atomic E-state index is 0.0742. The second-order valence-corrected chi connectivity index (χ2v) is 4.66. The van der Waals surface area contributed by atoms with Crippen LogP contribution in [0.3, 0.4) is 0 Å². The molecule has 20 heavy (non-hydrogen) atoms. The van der Waals surface area contributed by atoms with E-state index in [0.717, 1.165) is 17.4 Å². The first kappa shape index (κ1) is 14.3. The molecule has 0 amide bonds. The number of hydrogen-bond acceptors (Lipinski definition) is 3. The summed E-state index contributed by atoms with van der Waals surface area (Å²) in [6.07, 6.45) is 3.73. The standard InChI is InChI=1S/C15H17NO4/c1-2-10-6-11(15(19)20)7-13-12(9-18)8-16(14(10)13)4-3-5-17/h6-9,17H,2-5H2,1H3,(H,19,20). The highest BCUT2D eigenvalue weighted by atomic mass is 16.4. The lowest BCUT2D eigenvalue weighted by atomic mass is 10.0. The molecule has 0 bridgehead atoms.